The van der Waals surface area contributed by atoms with Crippen LogP contribution in [0.5, 0.6) is 5.75 Å². The highest BCUT2D eigenvalue weighted by molar-refractivity contribution is 5.83. The molecule has 1 aliphatic rings. The zero-order chi connectivity index (χ0) is 19.1. The zero-order valence-corrected chi connectivity index (χ0v) is 15.5. The van der Waals surface area contributed by atoms with E-state index in [4.69, 9.17) is 9.72 Å². The van der Waals surface area contributed by atoms with Crippen molar-refractivity contribution in [2.45, 2.75) is 32.5 Å². The van der Waals surface area contributed by atoms with Crippen LogP contribution in [0, 0.1) is 0 Å². The van der Waals surface area contributed by atoms with E-state index in [1.807, 2.05) is 49.4 Å². The van der Waals surface area contributed by atoms with Gasteiger partial charge in [-0.3, -0.25) is 14.2 Å². The Bertz CT molecular complexity index is 1070. The molecule has 2 aromatic carbocycles. The number of carbonyl (C=O) groups is 1. The van der Waals surface area contributed by atoms with Crippen LogP contribution in [0.15, 0.2) is 53.3 Å². The summed E-state index contributed by atoms with van der Waals surface area (Å²) < 4.78 is 6.73. The fourth-order valence-electron chi connectivity index (χ4n) is 3.66. The minimum atomic E-state index is -0.584. The molecule has 0 aliphatic carbocycles. The minimum absolute atomic E-state index is 0.0787. The Kier molecular flexibility index (Phi) is 4.18. The third kappa shape index (κ3) is 2.77. The molecule has 1 amide bonds. The van der Waals surface area contributed by atoms with Gasteiger partial charge in [-0.05, 0) is 43.7 Å². The predicted molar refractivity (Wildman–Crippen MR) is 103 cm³/mol. The van der Waals surface area contributed by atoms with Gasteiger partial charge in [0.25, 0.3) is 5.56 Å². The SMILES string of the molecule is COc1ccc(CN2C(=O)[C@H](C)n3c(nc4ccccc4c3=O)[C@H]2C)cc1. The molecule has 0 spiro atoms. The van der Waals surface area contributed by atoms with Crippen LogP contribution < -0.4 is 10.3 Å². The Morgan fingerprint density at radius 1 is 1.00 bits per heavy atom. The molecule has 1 aromatic heterocycles. The van der Waals surface area contributed by atoms with Crippen molar-refractivity contribution >= 4 is 16.8 Å². The van der Waals surface area contributed by atoms with Crippen LogP contribution in [0.3, 0.4) is 0 Å². The van der Waals surface area contributed by atoms with Gasteiger partial charge >= 0.3 is 0 Å². The standard InChI is InChI=1S/C21H21N3O3/c1-13-19-22-18-7-5-4-6-17(18)21(26)24(19)14(2)20(25)23(13)12-15-8-10-16(27-3)11-9-15/h4-11,13-14H,12H2,1-3H3/t13-,14+/m1/s1. The molecule has 2 heterocycles. The number of benzene rings is 2. The first-order chi connectivity index (χ1) is 13.0. The predicted octanol–water partition coefficient (Wildman–Crippen LogP) is 3.07. The maximum absolute atomic E-state index is 13.0. The lowest BCUT2D eigenvalue weighted by atomic mass is 10.1. The highest BCUT2D eigenvalue weighted by Gasteiger charge is 2.37. The summed E-state index contributed by atoms with van der Waals surface area (Å²) in [6.45, 7) is 4.13. The third-order valence-corrected chi connectivity index (χ3v) is 5.22. The second-order valence-electron chi connectivity index (χ2n) is 6.83. The van der Waals surface area contributed by atoms with Crippen molar-refractivity contribution in [3.8, 4) is 5.75 Å². The molecule has 0 N–H and O–H groups in total. The first-order valence-corrected chi connectivity index (χ1v) is 8.96. The summed E-state index contributed by atoms with van der Waals surface area (Å²) in [5, 5.41) is 0.539. The largest absolute Gasteiger partial charge is 0.497 e. The number of nitrogens with zero attached hydrogens (tertiary/aromatic N) is 3. The maximum Gasteiger partial charge on any atom is 0.262 e. The fraction of sp³-hybridized carbons (Fsp3) is 0.286. The van der Waals surface area contributed by atoms with Gasteiger partial charge in [0.1, 0.15) is 17.6 Å². The number of hydrogen-bond donors (Lipinski definition) is 0. The van der Waals surface area contributed by atoms with Crippen molar-refractivity contribution in [3.05, 3.63) is 70.3 Å². The van der Waals surface area contributed by atoms with Crippen molar-refractivity contribution in [2.75, 3.05) is 7.11 Å². The average molecular weight is 363 g/mol. The number of aromatic nitrogens is 2. The van der Waals surface area contributed by atoms with Crippen LogP contribution in [0.2, 0.25) is 0 Å². The normalized spacial score (nSPS) is 19.2. The van der Waals surface area contributed by atoms with Gasteiger partial charge in [0.05, 0.1) is 24.1 Å². The summed E-state index contributed by atoms with van der Waals surface area (Å²) in [6, 6.07) is 14.0. The van der Waals surface area contributed by atoms with Crippen LogP contribution in [0.1, 0.15) is 37.3 Å². The topological polar surface area (TPSA) is 64.4 Å². The van der Waals surface area contributed by atoms with E-state index < -0.39 is 6.04 Å². The number of para-hydroxylation sites is 1. The van der Waals surface area contributed by atoms with Crippen molar-refractivity contribution in [1.82, 2.24) is 14.5 Å². The third-order valence-electron chi connectivity index (χ3n) is 5.22. The summed E-state index contributed by atoms with van der Waals surface area (Å²) >= 11 is 0. The monoisotopic (exact) mass is 363 g/mol. The van der Waals surface area contributed by atoms with Crippen molar-refractivity contribution < 1.29 is 9.53 Å². The molecule has 0 unspecified atom stereocenters. The molecule has 1 aliphatic heterocycles. The minimum Gasteiger partial charge on any atom is -0.497 e. The lowest BCUT2D eigenvalue weighted by Gasteiger charge is -2.38. The fourth-order valence-corrected chi connectivity index (χ4v) is 3.66. The van der Waals surface area contributed by atoms with Gasteiger partial charge in [0.15, 0.2) is 0 Å². The van der Waals surface area contributed by atoms with E-state index in [2.05, 4.69) is 0 Å². The molecule has 0 fully saturated rings. The van der Waals surface area contributed by atoms with E-state index in [1.165, 1.54) is 0 Å². The van der Waals surface area contributed by atoms with E-state index in [0.29, 0.717) is 23.3 Å². The number of ether oxygens (including phenoxy) is 1. The molecular formula is C21H21N3O3. The van der Waals surface area contributed by atoms with Gasteiger partial charge in [-0.2, -0.15) is 0 Å². The van der Waals surface area contributed by atoms with Gasteiger partial charge in [-0.1, -0.05) is 24.3 Å². The van der Waals surface area contributed by atoms with Crippen LogP contribution in [0.25, 0.3) is 10.9 Å². The Labute approximate surface area is 157 Å². The van der Waals surface area contributed by atoms with Crippen molar-refractivity contribution in [1.29, 1.82) is 0 Å². The van der Waals surface area contributed by atoms with Gasteiger partial charge in [0, 0.05) is 6.54 Å². The Hall–Kier alpha value is -3.15. The molecule has 0 saturated heterocycles. The van der Waals surface area contributed by atoms with E-state index in [1.54, 1.807) is 29.6 Å². The van der Waals surface area contributed by atoms with Gasteiger partial charge in [0.2, 0.25) is 5.91 Å². The second-order valence-corrected chi connectivity index (χ2v) is 6.83. The molecule has 27 heavy (non-hydrogen) atoms. The first-order valence-electron chi connectivity index (χ1n) is 8.96. The number of methoxy groups -OCH3 is 1. The molecule has 3 aromatic rings. The highest BCUT2D eigenvalue weighted by atomic mass is 16.5. The van der Waals surface area contributed by atoms with E-state index in [9.17, 15) is 9.59 Å². The average Bonchev–Trinajstić information content (AvgIpc) is 2.70. The van der Waals surface area contributed by atoms with Gasteiger partial charge < -0.3 is 9.64 Å². The molecule has 6 heteroatoms. The highest BCUT2D eigenvalue weighted by Crippen LogP contribution is 2.31. The van der Waals surface area contributed by atoms with Crippen molar-refractivity contribution in [3.63, 3.8) is 0 Å². The van der Waals surface area contributed by atoms with Gasteiger partial charge in [-0.15, -0.1) is 0 Å². The maximum atomic E-state index is 13.0. The van der Waals surface area contributed by atoms with Crippen LogP contribution in [-0.2, 0) is 11.3 Å². The number of carbonyl (C=O) groups excluding carboxylic acids is 1. The number of rotatable bonds is 3. The van der Waals surface area contributed by atoms with Gasteiger partial charge in [-0.25, -0.2) is 4.98 Å². The van der Waals surface area contributed by atoms with Crippen LogP contribution in [-0.4, -0.2) is 27.5 Å². The second kappa shape index (κ2) is 6.54. The molecule has 0 radical (unpaired) electrons. The van der Waals surface area contributed by atoms with E-state index in [-0.39, 0.29) is 17.5 Å². The lowest BCUT2D eigenvalue weighted by Crippen LogP contribution is -2.48. The first kappa shape index (κ1) is 17.3. The number of fused-ring (bicyclic) bond motifs is 2. The summed E-state index contributed by atoms with van der Waals surface area (Å²) in [7, 11) is 1.62. The number of amides is 1. The molecular weight excluding hydrogens is 342 g/mol. The lowest BCUT2D eigenvalue weighted by molar-refractivity contribution is -0.140. The van der Waals surface area contributed by atoms with Crippen LogP contribution in [0.4, 0.5) is 0 Å². The number of hydrogen-bond acceptors (Lipinski definition) is 4. The Morgan fingerprint density at radius 3 is 2.41 bits per heavy atom. The molecule has 2 atom stereocenters. The van der Waals surface area contributed by atoms with E-state index in [0.717, 1.165) is 11.3 Å². The molecule has 138 valence electrons. The molecule has 0 saturated carbocycles. The van der Waals surface area contributed by atoms with E-state index >= 15 is 0 Å². The van der Waals surface area contributed by atoms with Crippen molar-refractivity contribution in [2.24, 2.45) is 0 Å². The summed E-state index contributed by atoms with van der Waals surface area (Å²) in [5.74, 6) is 1.32. The quantitative estimate of drug-likeness (QED) is 0.717. The Morgan fingerprint density at radius 2 is 1.70 bits per heavy atom. The summed E-state index contributed by atoms with van der Waals surface area (Å²) in [5.41, 5.74) is 1.50. The van der Waals surface area contributed by atoms with Crippen LogP contribution >= 0.6 is 0 Å². The summed E-state index contributed by atoms with van der Waals surface area (Å²) in [6.07, 6.45) is 0. The zero-order valence-electron chi connectivity index (χ0n) is 15.5. The molecule has 0 bridgehead atoms. The smallest absolute Gasteiger partial charge is 0.262 e. The molecule has 6 nitrogen and oxygen atoms in total. The Balaban J connectivity index is 1.77. The molecule has 4 rings (SSSR count). The summed E-state index contributed by atoms with van der Waals surface area (Å²) in [4.78, 5) is 32.5.